The Labute approximate surface area is 204 Å². The molecule has 0 radical (unpaired) electrons. The number of fused-ring (bicyclic) bond motifs is 1. The van der Waals surface area contributed by atoms with Crippen LogP contribution in [-0.4, -0.2) is 30.9 Å². The van der Waals surface area contributed by atoms with E-state index in [9.17, 15) is 4.79 Å². The van der Waals surface area contributed by atoms with Gasteiger partial charge in [0.1, 0.15) is 12.4 Å². The van der Waals surface area contributed by atoms with Gasteiger partial charge in [-0.15, -0.1) is 0 Å². The van der Waals surface area contributed by atoms with E-state index in [2.05, 4.69) is 65.5 Å². The zero-order valence-electron chi connectivity index (χ0n) is 21.7. The number of hydrogen-bond acceptors (Lipinski definition) is 3. The first-order chi connectivity index (χ1) is 15.9. The number of aromatic carboxylic acids is 1. The quantitative estimate of drug-likeness (QED) is 0.378. The molecule has 2 aromatic rings. The summed E-state index contributed by atoms with van der Waals surface area (Å²) in [6.07, 6.45) is 2.24. The van der Waals surface area contributed by atoms with Crippen molar-refractivity contribution in [3.63, 3.8) is 0 Å². The third-order valence-electron chi connectivity index (χ3n) is 6.95. The van der Waals surface area contributed by atoms with Crippen molar-refractivity contribution in [1.29, 1.82) is 0 Å². The highest BCUT2D eigenvalue weighted by atomic mass is 16.5. The molecular weight excluding hydrogens is 424 g/mol. The molecule has 0 fully saturated rings. The van der Waals surface area contributed by atoms with Crippen LogP contribution in [0.5, 0.6) is 5.75 Å². The Morgan fingerprint density at radius 1 is 1.03 bits per heavy atom. The lowest BCUT2D eigenvalue weighted by molar-refractivity contribution is 0.0697. The summed E-state index contributed by atoms with van der Waals surface area (Å²) in [5.74, 6) is 6.67. The molecule has 4 heteroatoms. The van der Waals surface area contributed by atoms with Crippen molar-refractivity contribution in [2.75, 3.05) is 19.8 Å². The summed E-state index contributed by atoms with van der Waals surface area (Å²) in [7, 11) is 0. The molecule has 0 aliphatic heterocycles. The minimum Gasteiger partial charge on any atom is -0.491 e. The van der Waals surface area contributed by atoms with Gasteiger partial charge < -0.3 is 14.6 Å². The second-order valence-electron chi connectivity index (χ2n) is 11.0. The van der Waals surface area contributed by atoms with E-state index >= 15 is 0 Å². The number of ether oxygens (including phenoxy) is 2. The minimum absolute atomic E-state index is 0.0338. The molecule has 0 saturated heterocycles. The molecule has 2 aromatic carbocycles. The van der Waals surface area contributed by atoms with Crippen LogP contribution in [0.1, 0.15) is 93.9 Å². The Bertz CT molecular complexity index is 1100. The Balaban J connectivity index is 2.04. The van der Waals surface area contributed by atoms with Gasteiger partial charge in [0.15, 0.2) is 0 Å². The van der Waals surface area contributed by atoms with Crippen molar-refractivity contribution in [1.82, 2.24) is 0 Å². The van der Waals surface area contributed by atoms with Crippen LogP contribution in [0.25, 0.3) is 0 Å². The van der Waals surface area contributed by atoms with Crippen LogP contribution in [0.4, 0.5) is 0 Å². The maximum Gasteiger partial charge on any atom is 0.335 e. The summed E-state index contributed by atoms with van der Waals surface area (Å²) in [4.78, 5) is 11.1. The number of carbonyl (C=O) groups is 1. The van der Waals surface area contributed by atoms with Gasteiger partial charge >= 0.3 is 5.97 Å². The molecule has 3 rings (SSSR count). The predicted octanol–water partition coefficient (Wildman–Crippen LogP) is 6.48. The fourth-order valence-corrected chi connectivity index (χ4v) is 4.56. The molecule has 1 aliphatic rings. The van der Waals surface area contributed by atoms with Gasteiger partial charge in [-0.2, -0.15) is 0 Å². The Kier molecular flexibility index (Phi) is 7.48. The monoisotopic (exact) mass is 462 g/mol. The molecule has 34 heavy (non-hydrogen) atoms. The first-order valence-corrected chi connectivity index (χ1v) is 12.1. The van der Waals surface area contributed by atoms with Crippen molar-refractivity contribution in [2.24, 2.45) is 0 Å². The van der Waals surface area contributed by atoms with Crippen molar-refractivity contribution in [2.45, 2.75) is 77.6 Å². The summed E-state index contributed by atoms with van der Waals surface area (Å²) in [6.45, 7) is 17.2. The van der Waals surface area contributed by atoms with Gasteiger partial charge in [-0.25, -0.2) is 4.79 Å². The van der Waals surface area contributed by atoms with Gasteiger partial charge in [0.05, 0.1) is 17.6 Å². The SMILES string of the molecule is CCOCCOc1cc(C(C)(C)C#Cc2ccc(C(=O)O)cc2)cc2c1C(C)(C)CCC2(C)C. The van der Waals surface area contributed by atoms with Crippen molar-refractivity contribution in [3.05, 3.63) is 64.2 Å². The fourth-order valence-electron chi connectivity index (χ4n) is 4.56. The van der Waals surface area contributed by atoms with Crippen LogP contribution < -0.4 is 4.74 Å². The van der Waals surface area contributed by atoms with Gasteiger partial charge in [0.25, 0.3) is 0 Å². The Hall–Kier alpha value is -2.77. The number of carboxylic acids is 1. The highest BCUT2D eigenvalue weighted by Gasteiger charge is 2.40. The molecule has 0 amide bonds. The second kappa shape index (κ2) is 9.84. The molecule has 0 spiro atoms. The van der Waals surface area contributed by atoms with Crippen molar-refractivity contribution >= 4 is 5.97 Å². The normalized spacial score (nSPS) is 16.2. The molecule has 1 N–H and O–H groups in total. The van der Waals surface area contributed by atoms with Gasteiger partial charge in [-0.1, -0.05) is 45.6 Å². The molecule has 0 bridgehead atoms. The van der Waals surface area contributed by atoms with Crippen LogP contribution in [0.15, 0.2) is 36.4 Å². The third-order valence-corrected chi connectivity index (χ3v) is 6.95. The van der Waals surface area contributed by atoms with Gasteiger partial charge in [0, 0.05) is 17.7 Å². The standard InChI is InChI=1S/C30H38O4/c1-8-33-17-18-34-25-20-23(19-24-26(25)30(6,7)16-15-29(24,4)5)28(2,3)14-13-21-9-11-22(12-10-21)27(31)32/h9-12,19-20H,8,15-18H2,1-7H3,(H,31,32). The molecule has 0 aromatic heterocycles. The van der Waals surface area contributed by atoms with E-state index in [1.807, 2.05) is 6.92 Å². The molecule has 182 valence electrons. The molecule has 0 unspecified atom stereocenters. The van der Waals surface area contributed by atoms with E-state index in [1.54, 1.807) is 24.3 Å². The predicted molar refractivity (Wildman–Crippen MR) is 137 cm³/mol. The smallest absolute Gasteiger partial charge is 0.335 e. The average molecular weight is 463 g/mol. The summed E-state index contributed by atoms with van der Waals surface area (Å²) < 4.78 is 11.9. The summed E-state index contributed by atoms with van der Waals surface area (Å²) in [6, 6.07) is 11.2. The molecule has 0 atom stereocenters. The average Bonchev–Trinajstić information content (AvgIpc) is 2.78. The molecule has 1 aliphatic carbocycles. The van der Waals surface area contributed by atoms with Gasteiger partial charge in [-0.05, 0) is 85.9 Å². The molecular formula is C30H38O4. The summed E-state index contributed by atoms with van der Waals surface area (Å²) in [5, 5.41) is 9.12. The van der Waals surface area contributed by atoms with Crippen LogP contribution in [0, 0.1) is 11.8 Å². The van der Waals surface area contributed by atoms with E-state index in [0.717, 1.165) is 29.7 Å². The Morgan fingerprint density at radius 3 is 2.29 bits per heavy atom. The van der Waals surface area contributed by atoms with E-state index in [1.165, 1.54) is 11.1 Å². The zero-order valence-corrected chi connectivity index (χ0v) is 21.7. The number of benzene rings is 2. The van der Waals surface area contributed by atoms with Crippen LogP contribution >= 0.6 is 0 Å². The fraction of sp³-hybridized carbons (Fsp3) is 0.500. The first kappa shape index (κ1) is 25.8. The number of carboxylic acid groups (broad SMARTS) is 1. The molecule has 0 heterocycles. The maximum absolute atomic E-state index is 11.1. The van der Waals surface area contributed by atoms with Crippen molar-refractivity contribution < 1.29 is 19.4 Å². The highest BCUT2D eigenvalue weighted by molar-refractivity contribution is 5.87. The molecule has 0 saturated carbocycles. The summed E-state index contributed by atoms with van der Waals surface area (Å²) in [5.41, 5.74) is 4.49. The topological polar surface area (TPSA) is 55.8 Å². The third kappa shape index (κ3) is 5.65. The van der Waals surface area contributed by atoms with E-state index in [-0.39, 0.29) is 16.4 Å². The Morgan fingerprint density at radius 2 is 1.68 bits per heavy atom. The van der Waals surface area contributed by atoms with Crippen LogP contribution in [0.3, 0.4) is 0 Å². The second-order valence-corrected chi connectivity index (χ2v) is 11.0. The van der Waals surface area contributed by atoms with Crippen LogP contribution in [0.2, 0.25) is 0 Å². The number of rotatable bonds is 7. The first-order valence-electron chi connectivity index (χ1n) is 12.1. The van der Waals surface area contributed by atoms with Gasteiger partial charge in [-0.3, -0.25) is 0 Å². The van der Waals surface area contributed by atoms with Gasteiger partial charge in [0.2, 0.25) is 0 Å². The zero-order chi connectivity index (χ0) is 25.1. The highest BCUT2D eigenvalue weighted by Crippen LogP contribution is 2.50. The van der Waals surface area contributed by atoms with E-state index < -0.39 is 11.4 Å². The maximum atomic E-state index is 11.1. The van der Waals surface area contributed by atoms with Crippen molar-refractivity contribution in [3.8, 4) is 17.6 Å². The molecule has 4 nitrogen and oxygen atoms in total. The van der Waals surface area contributed by atoms with Crippen LogP contribution in [-0.2, 0) is 21.0 Å². The lowest BCUT2D eigenvalue weighted by Gasteiger charge is -2.43. The summed E-state index contributed by atoms with van der Waals surface area (Å²) >= 11 is 0. The largest absolute Gasteiger partial charge is 0.491 e. The lowest BCUT2D eigenvalue weighted by Crippen LogP contribution is -2.35. The minimum atomic E-state index is -0.934. The van der Waals surface area contributed by atoms with E-state index in [4.69, 9.17) is 14.6 Å². The number of hydrogen-bond donors (Lipinski definition) is 1. The van der Waals surface area contributed by atoms with E-state index in [0.29, 0.717) is 19.8 Å². The lowest BCUT2D eigenvalue weighted by atomic mass is 9.62.